The molecule has 1 aromatic heterocycles. The Morgan fingerprint density at radius 1 is 1.86 bits per heavy atom. The van der Waals surface area contributed by atoms with Gasteiger partial charge in [0.1, 0.15) is 0 Å². The molecule has 0 aliphatic carbocycles. The molecule has 1 aromatic rings. The van der Waals surface area contributed by atoms with Crippen LogP contribution in [0.5, 0.6) is 0 Å². The van der Waals surface area contributed by atoms with E-state index in [-0.39, 0.29) is 0 Å². The fourth-order valence-corrected chi connectivity index (χ4v) is 1.40. The maximum atomic E-state index is 5.61. The third kappa shape index (κ3) is 1.40. The summed E-state index contributed by atoms with van der Waals surface area (Å²) in [6.45, 7) is 0. The first-order valence-corrected chi connectivity index (χ1v) is 4.02. The van der Waals surface area contributed by atoms with E-state index in [0.29, 0.717) is 0 Å². The number of rotatable bonds is 0. The van der Waals surface area contributed by atoms with Crippen LogP contribution in [0.3, 0.4) is 0 Å². The number of hydrogen-bond acceptors (Lipinski definition) is 2. The van der Waals surface area contributed by atoms with Crippen molar-refractivity contribution in [3.05, 3.63) is 11.2 Å². The molecule has 0 saturated heterocycles. The molecule has 0 bridgehead atoms. The van der Waals surface area contributed by atoms with E-state index >= 15 is 0 Å². The van der Waals surface area contributed by atoms with Crippen LogP contribution >= 0.6 is 23.1 Å². The summed E-state index contributed by atoms with van der Waals surface area (Å²) >= 11 is 8.11. The molecular formula is C3HClNNaS. The van der Waals surface area contributed by atoms with E-state index in [1.165, 1.54) is 13.7 Å². The van der Waals surface area contributed by atoms with E-state index in [4.69, 9.17) is 11.6 Å². The summed E-state index contributed by atoms with van der Waals surface area (Å²) in [6, 6.07) is 0. The monoisotopic (exact) mass is 141 g/mol. The SMILES string of the molecule is [Na][c]1sncc1Cl. The molecular weight excluding hydrogens is 141 g/mol. The van der Waals surface area contributed by atoms with Crippen LogP contribution in [0.4, 0.5) is 0 Å². The van der Waals surface area contributed by atoms with Crippen molar-refractivity contribution < 1.29 is 0 Å². The van der Waals surface area contributed by atoms with Crippen molar-refractivity contribution in [2.45, 2.75) is 0 Å². The second-order valence-corrected chi connectivity index (χ2v) is 4.37. The number of hydrogen-bond donors (Lipinski definition) is 0. The van der Waals surface area contributed by atoms with Crippen LogP contribution in [-0.4, -0.2) is 32.3 Å². The number of halogens is 1. The molecule has 0 spiro atoms. The first-order valence-electron chi connectivity index (χ1n) is 1.87. The van der Waals surface area contributed by atoms with Gasteiger partial charge in [0.15, 0.2) is 0 Å². The minimum atomic E-state index is 0.830. The predicted molar refractivity (Wildman–Crippen MR) is 32.5 cm³/mol. The molecule has 7 heavy (non-hydrogen) atoms. The van der Waals surface area contributed by atoms with Crippen LogP contribution in [0.25, 0.3) is 0 Å². The molecule has 1 heterocycles. The first-order chi connectivity index (χ1) is 3.30. The normalized spacial score (nSPS) is 9.57. The Kier molecular flexibility index (Phi) is 2.13. The molecule has 0 amide bonds. The van der Waals surface area contributed by atoms with Crippen LogP contribution in [0, 0.1) is 0 Å². The van der Waals surface area contributed by atoms with Gasteiger partial charge in [0, 0.05) is 0 Å². The molecule has 0 atom stereocenters. The van der Waals surface area contributed by atoms with E-state index in [1.54, 1.807) is 6.20 Å². The van der Waals surface area contributed by atoms with Gasteiger partial charge in [-0.1, -0.05) is 0 Å². The maximum absolute atomic E-state index is 5.61. The second-order valence-electron chi connectivity index (χ2n) is 1.23. The van der Waals surface area contributed by atoms with Gasteiger partial charge in [0.05, 0.1) is 0 Å². The fraction of sp³-hybridized carbons (Fsp3) is 0. The molecule has 0 radical (unpaired) electrons. The Morgan fingerprint density at radius 2 is 2.57 bits per heavy atom. The van der Waals surface area contributed by atoms with E-state index in [9.17, 15) is 0 Å². The van der Waals surface area contributed by atoms with E-state index in [2.05, 4.69) is 4.37 Å². The Hall–Kier alpha value is 0.920. The molecule has 4 heteroatoms. The Labute approximate surface area is 68.3 Å². The van der Waals surface area contributed by atoms with Gasteiger partial charge in [-0.05, 0) is 0 Å². The van der Waals surface area contributed by atoms with Crippen LogP contribution in [0.1, 0.15) is 0 Å². The average molecular weight is 142 g/mol. The summed E-state index contributed by atoms with van der Waals surface area (Å²) in [7, 11) is 0. The molecule has 0 aliphatic heterocycles. The van der Waals surface area contributed by atoms with Crippen molar-refractivity contribution >= 4 is 53.2 Å². The minimum absolute atomic E-state index is 0.830. The van der Waals surface area contributed by atoms with Crippen LogP contribution in [-0.2, 0) is 0 Å². The summed E-state index contributed by atoms with van der Waals surface area (Å²) in [4.78, 5) is 0. The van der Waals surface area contributed by atoms with Gasteiger partial charge in [-0.25, -0.2) is 0 Å². The second kappa shape index (κ2) is 2.46. The summed E-state index contributed by atoms with van der Waals surface area (Å²) in [5.41, 5.74) is 0. The topological polar surface area (TPSA) is 12.9 Å². The van der Waals surface area contributed by atoms with Crippen LogP contribution in [0.2, 0.25) is 5.02 Å². The zero-order valence-corrected chi connectivity index (χ0v) is 7.38. The van der Waals surface area contributed by atoms with E-state index in [1.807, 2.05) is 0 Å². The Balaban J connectivity index is 3.12. The number of nitrogens with zero attached hydrogens (tertiary/aromatic N) is 1. The summed E-state index contributed by atoms with van der Waals surface area (Å²) in [5.74, 6) is 0. The van der Waals surface area contributed by atoms with Gasteiger partial charge in [-0.3, -0.25) is 0 Å². The molecule has 0 aromatic carbocycles. The molecule has 0 aliphatic rings. The molecule has 0 unspecified atom stereocenters. The Bertz CT molecular complexity index is 147. The molecule has 0 fully saturated rings. The fourth-order valence-electron chi connectivity index (χ4n) is 0.286. The van der Waals surface area contributed by atoms with Gasteiger partial charge < -0.3 is 0 Å². The molecule has 0 saturated carbocycles. The third-order valence-electron chi connectivity index (χ3n) is 0.692. The van der Waals surface area contributed by atoms with E-state index in [0.717, 1.165) is 33.0 Å². The molecule has 32 valence electrons. The zero-order chi connectivity index (χ0) is 5.28. The summed E-state index contributed by atoms with van der Waals surface area (Å²) in [5, 5.41) is 0.830. The van der Waals surface area contributed by atoms with Crippen LogP contribution < -0.4 is 2.13 Å². The van der Waals surface area contributed by atoms with Crippen molar-refractivity contribution in [1.29, 1.82) is 0 Å². The summed E-state index contributed by atoms with van der Waals surface area (Å²) < 4.78 is 5.09. The Morgan fingerprint density at radius 3 is 2.71 bits per heavy atom. The van der Waals surface area contributed by atoms with Gasteiger partial charge in [0.25, 0.3) is 0 Å². The van der Waals surface area contributed by atoms with E-state index < -0.39 is 0 Å². The molecule has 1 nitrogen and oxygen atoms in total. The van der Waals surface area contributed by atoms with Gasteiger partial charge in [0.2, 0.25) is 0 Å². The van der Waals surface area contributed by atoms with Gasteiger partial charge in [-0.15, -0.1) is 0 Å². The average Bonchev–Trinajstić information content (AvgIpc) is 1.91. The van der Waals surface area contributed by atoms with Crippen molar-refractivity contribution in [2.75, 3.05) is 0 Å². The van der Waals surface area contributed by atoms with Gasteiger partial charge >= 0.3 is 68.8 Å². The first kappa shape index (κ1) is 6.05. The molecule has 0 N–H and O–H groups in total. The summed E-state index contributed by atoms with van der Waals surface area (Å²) in [6.07, 6.45) is 1.69. The van der Waals surface area contributed by atoms with Gasteiger partial charge in [-0.2, -0.15) is 0 Å². The predicted octanol–water partition coefficient (Wildman–Crippen LogP) is 0.590. The number of aromatic nitrogens is 1. The van der Waals surface area contributed by atoms with Crippen molar-refractivity contribution in [3.63, 3.8) is 0 Å². The van der Waals surface area contributed by atoms with Crippen LogP contribution in [0.15, 0.2) is 6.20 Å². The van der Waals surface area contributed by atoms with Crippen molar-refractivity contribution in [1.82, 2.24) is 4.37 Å². The quantitative estimate of drug-likeness (QED) is 0.482. The standard InChI is InChI=1S/C3HClNS.Na/c4-3-1-5-6-2-3;/h1H;. The van der Waals surface area contributed by atoms with Crippen molar-refractivity contribution in [2.24, 2.45) is 0 Å². The molecule has 1 rings (SSSR count). The zero-order valence-electron chi connectivity index (χ0n) is 3.81. The van der Waals surface area contributed by atoms with Crippen molar-refractivity contribution in [3.8, 4) is 0 Å². The third-order valence-corrected chi connectivity index (χ3v) is 3.29.